The maximum absolute atomic E-state index is 13.8. The highest BCUT2D eigenvalue weighted by atomic mass is 19.2. The normalized spacial score (nSPS) is 10.6. The van der Waals surface area contributed by atoms with Crippen LogP contribution in [0.15, 0.2) is 30.3 Å². The van der Waals surface area contributed by atoms with Crippen LogP contribution in [0.4, 0.5) is 23.2 Å². The smallest absolute Gasteiger partial charge is 0.244 e. The molecule has 0 bridgehead atoms. The van der Waals surface area contributed by atoms with E-state index >= 15 is 0 Å². The summed E-state index contributed by atoms with van der Waals surface area (Å²) in [5.74, 6) is -6.13. The van der Waals surface area contributed by atoms with Crippen molar-refractivity contribution in [2.24, 2.45) is 0 Å². The fourth-order valence-corrected chi connectivity index (χ4v) is 2.82. The first-order valence-electron chi connectivity index (χ1n) is 9.30. The molecule has 0 heterocycles. The first-order chi connectivity index (χ1) is 14.3. The molecule has 0 saturated carbocycles. The molecule has 0 saturated heterocycles. The molecule has 0 aromatic heterocycles. The van der Waals surface area contributed by atoms with Crippen molar-refractivity contribution >= 4 is 17.5 Å². The van der Waals surface area contributed by atoms with Gasteiger partial charge in [0.2, 0.25) is 11.8 Å². The minimum atomic E-state index is -1.69. The summed E-state index contributed by atoms with van der Waals surface area (Å²) in [5.41, 5.74) is 0.0721. The molecule has 0 aliphatic carbocycles. The summed E-state index contributed by atoms with van der Waals surface area (Å²) < 4.78 is 58.6. The zero-order valence-corrected chi connectivity index (χ0v) is 16.6. The molecule has 0 atom stereocenters. The standard InChI is InChI=1S/C21H22F4N2O3/c1-3-10-27(12-18(28)26-16-7-6-14(22)20(24)21(16)25)19(29)9-5-13-4-8-17(30-2)15(23)11-13/h4,6-8,11H,3,5,9-10,12H2,1-2H3,(H,26,28). The third-order valence-electron chi connectivity index (χ3n) is 4.33. The first-order valence-corrected chi connectivity index (χ1v) is 9.30. The van der Waals surface area contributed by atoms with Crippen LogP contribution in [0.5, 0.6) is 5.75 Å². The van der Waals surface area contributed by atoms with Gasteiger partial charge in [-0.2, -0.15) is 0 Å². The molecule has 1 N–H and O–H groups in total. The van der Waals surface area contributed by atoms with E-state index in [0.717, 1.165) is 6.07 Å². The van der Waals surface area contributed by atoms with Gasteiger partial charge in [-0.05, 0) is 42.7 Å². The number of rotatable bonds is 9. The van der Waals surface area contributed by atoms with E-state index in [1.165, 1.54) is 24.1 Å². The largest absolute Gasteiger partial charge is 0.494 e. The Balaban J connectivity index is 1.98. The van der Waals surface area contributed by atoms with Crippen molar-refractivity contribution < 1.29 is 31.9 Å². The van der Waals surface area contributed by atoms with Crippen LogP contribution in [0.2, 0.25) is 0 Å². The van der Waals surface area contributed by atoms with Gasteiger partial charge in [-0.3, -0.25) is 9.59 Å². The number of nitrogens with one attached hydrogen (secondary N) is 1. The number of methoxy groups -OCH3 is 1. The maximum atomic E-state index is 13.8. The van der Waals surface area contributed by atoms with Gasteiger partial charge >= 0.3 is 0 Å². The minimum absolute atomic E-state index is 0.0264. The Labute approximate surface area is 171 Å². The highest BCUT2D eigenvalue weighted by Crippen LogP contribution is 2.20. The molecule has 30 heavy (non-hydrogen) atoms. The number of aryl methyl sites for hydroxylation is 1. The van der Waals surface area contributed by atoms with E-state index in [1.54, 1.807) is 6.07 Å². The molecule has 2 aromatic rings. The van der Waals surface area contributed by atoms with E-state index in [0.29, 0.717) is 18.1 Å². The lowest BCUT2D eigenvalue weighted by molar-refractivity contribution is -0.134. The van der Waals surface area contributed by atoms with Crippen LogP contribution < -0.4 is 10.1 Å². The zero-order chi connectivity index (χ0) is 22.3. The van der Waals surface area contributed by atoms with E-state index in [-0.39, 0.29) is 37.6 Å². The second-order valence-corrected chi connectivity index (χ2v) is 6.56. The minimum Gasteiger partial charge on any atom is -0.494 e. The van der Waals surface area contributed by atoms with Crippen molar-refractivity contribution in [1.29, 1.82) is 0 Å². The number of hydrogen-bond donors (Lipinski definition) is 1. The summed E-state index contributed by atoms with van der Waals surface area (Å²) in [6.45, 7) is 1.69. The summed E-state index contributed by atoms with van der Waals surface area (Å²) in [6, 6.07) is 5.96. The Bertz CT molecular complexity index is 921. The molecule has 2 aromatic carbocycles. The van der Waals surface area contributed by atoms with Crippen LogP contribution in [-0.2, 0) is 16.0 Å². The Hall–Kier alpha value is -3.10. The molecule has 0 unspecified atom stereocenters. The lowest BCUT2D eigenvalue weighted by Crippen LogP contribution is -2.38. The summed E-state index contributed by atoms with van der Waals surface area (Å²) >= 11 is 0. The van der Waals surface area contributed by atoms with Crippen molar-refractivity contribution in [3.63, 3.8) is 0 Å². The van der Waals surface area contributed by atoms with Gasteiger partial charge in [-0.15, -0.1) is 0 Å². The second-order valence-electron chi connectivity index (χ2n) is 6.56. The van der Waals surface area contributed by atoms with Gasteiger partial charge in [0.05, 0.1) is 19.3 Å². The number of ether oxygens (including phenoxy) is 1. The van der Waals surface area contributed by atoms with Crippen molar-refractivity contribution in [2.75, 3.05) is 25.5 Å². The van der Waals surface area contributed by atoms with Crippen molar-refractivity contribution in [2.45, 2.75) is 26.2 Å². The number of halogens is 4. The monoisotopic (exact) mass is 426 g/mol. The number of carbonyl (C=O) groups is 2. The topological polar surface area (TPSA) is 58.6 Å². The Morgan fingerprint density at radius 2 is 1.77 bits per heavy atom. The molecule has 2 rings (SSSR count). The molecular weight excluding hydrogens is 404 g/mol. The molecule has 2 amide bonds. The van der Waals surface area contributed by atoms with Crippen LogP contribution >= 0.6 is 0 Å². The van der Waals surface area contributed by atoms with Gasteiger partial charge < -0.3 is 15.0 Å². The summed E-state index contributed by atoms with van der Waals surface area (Å²) in [5, 5.41) is 2.14. The van der Waals surface area contributed by atoms with E-state index in [1.807, 2.05) is 6.92 Å². The van der Waals surface area contributed by atoms with Crippen molar-refractivity contribution in [3.8, 4) is 5.75 Å². The Morgan fingerprint density at radius 1 is 1.03 bits per heavy atom. The van der Waals surface area contributed by atoms with Crippen LogP contribution in [0.3, 0.4) is 0 Å². The number of amides is 2. The average Bonchev–Trinajstić information content (AvgIpc) is 2.72. The predicted octanol–water partition coefficient (Wildman–Crippen LogP) is 4.06. The Morgan fingerprint density at radius 3 is 2.40 bits per heavy atom. The quantitative estimate of drug-likeness (QED) is 0.486. The molecule has 0 aliphatic rings. The number of nitrogens with zero attached hydrogens (tertiary/aromatic N) is 1. The predicted molar refractivity (Wildman–Crippen MR) is 103 cm³/mol. The molecule has 5 nitrogen and oxygen atoms in total. The summed E-state index contributed by atoms with van der Waals surface area (Å²) in [4.78, 5) is 26.0. The number of anilines is 1. The van der Waals surface area contributed by atoms with Gasteiger partial charge in [0.1, 0.15) is 0 Å². The van der Waals surface area contributed by atoms with Crippen molar-refractivity contribution in [3.05, 3.63) is 59.2 Å². The van der Waals surface area contributed by atoms with E-state index in [4.69, 9.17) is 4.74 Å². The maximum Gasteiger partial charge on any atom is 0.244 e. The van der Waals surface area contributed by atoms with Gasteiger partial charge in [0.15, 0.2) is 29.0 Å². The average molecular weight is 426 g/mol. The van der Waals surface area contributed by atoms with E-state index in [9.17, 15) is 27.2 Å². The molecule has 0 fully saturated rings. The van der Waals surface area contributed by atoms with Crippen molar-refractivity contribution in [1.82, 2.24) is 4.90 Å². The molecular formula is C21H22F4N2O3. The van der Waals surface area contributed by atoms with Gasteiger partial charge in [-0.1, -0.05) is 13.0 Å². The van der Waals surface area contributed by atoms with Gasteiger partial charge in [-0.25, -0.2) is 17.6 Å². The molecule has 0 aliphatic heterocycles. The number of benzene rings is 2. The fraction of sp³-hybridized carbons (Fsp3) is 0.333. The Kier molecular flexibility index (Phi) is 8.20. The summed E-state index contributed by atoms with van der Waals surface area (Å²) in [6.07, 6.45) is 0.841. The second kappa shape index (κ2) is 10.6. The third-order valence-corrected chi connectivity index (χ3v) is 4.33. The van der Waals surface area contributed by atoms with Crippen LogP contribution in [-0.4, -0.2) is 36.9 Å². The highest BCUT2D eigenvalue weighted by molar-refractivity contribution is 5.94. The lowest BCUT2D eigenvalue weighted by atomic mass is 10.1. The SMILES string of the molecule is CCCN(CC(=O)Nc1ccc(F)c(F)c1F)C(=O)CCc1ccc(OC)c(F)c1. The van der Waals surface area contributed by atoms with Gasteiger partial charge in [0, 0.05) is 13.0 Å². The van der Waals surface area contributed by atoms with Gasteiger partial charge in [0.25, 0.3) is 0 Å². The molecule has 0 spiro atoms. The third kappa shape index (κ3) is 5.95. The number of hydrogen-bond acceptors (Lipinski definition) is 3. The highest BCUT2D eigenvalue weighted by Gasteiger charge is 2.19. The molecule has 9 heteroatoms. The molecule has 162 valence electrons. The summed E-state index contributed by atoms with van der Waals surface area (Å²) in [7, 11) is 1.35. The lowest BCUT2D eigenvalue weighted by Gasteiger charge is -2.22. The fourth-order valence-electron chi connectivity index (χ4n) is 2.82. The first kappa shape index (κ1) is 23.2. The van der Waals surface area contributed by atoms with Crippen LogP contribution in [0, 0.1) is 23.3 Å². The molecule has 0 radical (unpaired) electrons. The number of carbonyl (C=O) groups excluding carboxylic acids is 2. The zero-order valence-electron chi connectivity index (χ0n) is 16.6. The van der Waals surface area contributed by atoms with E-state index < -0.39 is 34.9 Å². The van der Waals surface area contributed by atoms with E-state index in [2.05, 4.69) is 5.32 Å². The van der Waals surface area contributed by atoms with Crippen LogP contribution in [0.1, 0.15) is 25.3 Å². The van der Waals surface area contributed by atoms with Crippen LogP contribution in [0.25, 0.3) is 0 Å².